The molecule has 2 saturated heterocycles. The normalized spacial score (nSPS) is 23.5. The molecule has 1 atom stereocenters. The van der Waals surface area contributed by atoms with E-state index in [0.717, 1.165) is 37.7 Å². The second kappa shape index (κ2) is 8.73. The molecule has 0 saturated carbocycles. The summed E-state index contributed by atoms with van der Waals surface area (Å²) in [5, 5.41) is 7.76. The summed E-state index contributed by atoms with van der Waals surface area (Å²) in [5.41, 5.74) is 1.13. The topological polar surface area (TPSA) is 57.9 Å². The minimum absolute atomic E-state index is 0.0603. The molecule has 0 spiro atoms. The Morgan fingerprint density at radius 2 is 2.25 bits per heavy atom. The van der Waals surface area contributed by atoms with Crippen molar-refractivity contribution in [3.63, 3.8) is 0 Å². The Hall–Kier alpha value is -1.25. The third-order valence-electron chi connectivity index (χ3n) is 4.49. The third-order valence-corrected chi connectivity index (χ3v) is 5.43. The second-order valence-electron chi connectivity index (χ2n) is 6.18. The van der Waals surface area contributed by atoms with Gasteiger partial charge in [-0.05, 0) is 0 Å². The van der Waals surface area contributed by atoms with Gasteiger partial charge in [-0.3, -0.25) is 14.6 Å². The van der Waals surface area contributed by atoms with Gasteiger partial charge in [-0.1, -0.05) is 0 Å². The van der Waals surface area contributed by atoms with Gasteiger partial charge in [0.05, 0.1) is 19.3 Å². The van der Waals surface area contributed by atoms with Gasteiger partial charge in [0, 0.05) is 70.1 Å². The molecule has 0 aromatic carbocycles. The van der Waals surface area contributed by atoms with Gasteiger partial charge in [0.15, 0.2) is 5.96 Å². The molecule has 2 aliphatic heterocycles. The Labute approximate surface area is 148 Å². The lowest BCUT2D eigenvalue weighted by atomic mass is 10.1. The molecule has 1 unspecified atom stereocenters. The number of guanidine groups is 1. The molecule has 24 heavy (non-hydrogen) atoms. The summed E-state index contributed by atoms with van der Waals surface area (Å²) in [6.45, 7) is 6.81. The zero-order valence-electron chi connectivity index (χ0n) is 14.6. The van der Waals surface area contributed by atoms with Crippen molar-refractivity contribution in [2.24, 2.45) is 12.0 Å². The van der Waals surface area contributed by atoms with Crippen molar-refractivity contribution >= 4 is 17.7 Å². The van der Waals surface area contributed by atoms with Crippen LogP contribution in [0.1, 0.15) is 11.7 Å². The van der Waals surface area contributed by atoms with Crippen LogP contribution in [0, 0.1) is 0 Å². The fourth-order valence-electron chi connectivity index (χ4n) is 3.13. The van der Waals surface area contributed by atoms with Crippen molar-refractivity contribution in [3.8, 4) is 0 Å². The molecule has 1 N–H and O–H groups in total. The molecule has 2 aliphatic rings. The first-order chi connectivity index (χ1) is 11.8. The predicted molar refractivity (Wildman–Crippen MR) is 98.6 cm³/mol. The van der Waals surface area contributed by atoms with E-state index in [-0.39, 0.29) is 6.10 Å². The highest BCUT2D eigenvalue weighted by molar-refractivity contribution is 7.99. The molecule has 0 radical (unpaired) electrons. The molecule has 7 nitrogen and oxygen atoms in total. The molecule has 1 aromatic rings. The first-order valence-electron chi connectivity index (χ1n) is 8.62. The van der Waals surface area contributed by atoms with Crippen LogP contribution in [0.2, 0.25) is 0 Å². The maximum Gasteiger partial charge on any atom is 0.193 e. The highest BCUT2D eigenvalue weighted by Crippen LogP contribution is 2.21. The number of aromatic nitrogens is 2. The number of nitrogens with one attached hydrogen (secondary N) is 1. The van der Waals surface area contributed by atoms with Gasteiger partial charge in [0.1, 0.15) is 6.10 Å². The number of ether oxygens (including phenoxy) is 1. The summed E-state index contributed by atoms with van der Waals surface area (Å²) in [5.74, 6) is 3.48. The average Bonchev–Trinajstić information content (AvgIpc) is 3.06. The van der Waals surface area contributed by atoms with E-state index in [0.29, 0.717) is 6.61 Å². The highest BCUT2D eigenvalue weighted by atomic mass is 32.2. The summed E-state index contributed by atoms with van der Waals surface area (Å²) >= 11 is 2.05. The van der Waals surface area contributed by atoms with Crippen molar-refractivity contribution in [1.82, 2.24) is 24.9 Å². The zero-order chi connectivity index (χ0) is 16.8. The van der Waals surface area contributed by atoms with E-state index in [1.54, 1.807) is 0 Å². The van der Waals surface area contributed by atoms with Gasteiger partial charge in [-0.15, -0.1) is 0 Å². The Bertz CT molecular complexity index is 542. The van der Waals surface area contributed by atoms with Crippen LogP contribution in [0.15, 0.2) is 17.4 Å². The van der Waals surface area contributed by atoms with Gasteiger partial charge in [0.2, 0.25) is 0 Å². The molecule has 3 heterocycles. The van der Waals surface area contributed by atoms with Crippen LogP contribution in [0.25, 0.3) is 0 Å². The smallest absolute Gasteiger partial charge is 0.193 e. The Morgan fingerprint density at radius 1 is 1.42 bits per heavy atom. The van der Waals surface area contributed by atoms with Crippen molar-refractivity contribution < 1.29 is 4.74 Å². The fraction of sp³-hybridized carbons (Fsp3) is 0.750. The highest BCUT2D eigenvalue weighted by Gasteiger charge is 2.25. The summed E-state index contributed by atoms with van der Waals surface area (Å²) in [6, 6.07) is 0. The van der Waals surface area contributed by atoms with Crippen molar-refractivity contribution in [2.45, 2.75) is 6.10 Å². The van der Waals surface area contributed by atoms with Gasteiger partial charge in [-0.2, -0.15) is 16.9 Å². The predicted octanol–water partition coefficient (Wildman–Crippen LogP) is 0.418. The van der Waals surface area contributed by atoms with E-state index in [9.17, 15) is 0 Å². The lowest BCUT2D eigenvalue weighted by molar-refractivity contribution is -0.00804. The van der Waals surface area contributed by atoms with Crippen LogP contribution in [-0.2, 0) is 11.8 Å². The summed E-state index contributed by atoms with van der Waals surface area (Å²) in [7, 11) is 3.79. The Balaban J connectivity index is 1.49. The van der Waals surface area contributed by atoms with Crippen molar-refractivity contribution in [2.75, 3.05) is 64.4 Å². The first kappa shape index (κ1) is 17.6. The number of morpholine rings is 1. The van der Waals surface area contributed by atoms with Gasteiger partial charge >= 0.3 is 0 Å². The monoisotopic (exact) mass is 352 g/mol. The summed E-state index contributed by atoms with van der Waals surface area (Å²) in [6.07, 6.45) is 3.97. The van der Waals surface area contributed by atoms with Crippen LogP contribution in [0.4, 0.5) is 0 Å². The molecule has 0 aliphatic carbocycles. The van der Waals surface area contributed by atoms with E-state index < -0.39 is 0 Å². The number of aryl methyl sites for hydroxylation is 1. The number of nitrogens with zero attached hydrogens (tertiary/aromatic N) is 5. The van der Waals surface area contributed by atoms with E-state index in [2.05, 4.69) is 37.0 Å². The molecular weight excluding hydrogens is 324 g/mol. The number of hydrogen-bond acceptors (Lipinski definition) is 5. The fourth-order valence-corrected chi connectivity index (χ4v) is 4.11. The molecule has 1 aromatic heterocycles. The lowest BCUT2D eigenvalue weighted by Gasteiger charge is -2.35. The van der Waals surface area contributed by atoms with Crippen LogP contribution in [-0.4, -0.2) is 90.0 Å². The molecule has 2 fully saturated rings. The van der Waals surface area contributed by atoms with E-state index >= 15 is 0 Å². The average molecular weight is 353 g/mol. The maximum atomic E-state index is 5.91. The van der Waals surface area contributed by atoms with Gasteiger partial charge in [0.25, 0.3) is 0 Å². The molecule has 134 valence electrons. The maximum absolute atomic E-state index is 5.91. The molecule has 3 rings (SSSR count). The minimum Gasteiger partial charge on any atom is -0.370 e. The van der Waals surface area contributed by atoms with Crippen molar-refractivity contribution in [3.05, 3.63) is 18.0 Å². The van der Waals surface area contributed by atoms with Crippen LogP contribution in [0.3, 0.4) is 0 Å². The van der Waals surface area contributed by atoms with E-state index in [1.807, 2.05) is 31.2 Å². The van der Waals surface area contributed by atoms with E-state index in [4.69, 9.17) is 4.74 Å². The Kier molecular flexibility index (Phi) is 6.39. The van der Waals surface area contributed by atoms with Crippen LogP contribution < -0.4 is 5.32 Å². The van der Waals surface area contributed by atoms with Crippen LogP contribution >= 0.6 is 11.8 Å². The third kappa shape index (κ3) is 4.64. The number of hydrogen-bond donors (Lipinski definition) is 1. The quantitative estimate of drug-likeness (QED) is 0.626. The lowest BCUT2D eigenvalue weighted by Crippen LogP contribution is -2.49. The first-order valence-corrected chi connectivity index (χ1v) is 9.77. The number of rotatable bonds is 4. The number of aliphatic imine (C=N–C) groups is 1. The van der Waals surface area contributed by atoms with Crippen molar-refractivity contribution in [1.29, 1.82) is 0 Å². The SMILES string of the molecule is CN=C(NCCN1CCSCC1)N1CCOC(c2cnn(C)c2)C1. The second-order valence-corrected chi connectivity index (χ2v) is 7.41. The largest absolute Gasteiger partial charge is 0.370 e. The summed E-state index contributed by atoms with van der Waals surface area (Å²) < 4.78 is 7.73. The van der Waals surface area contributed by atoms with E-state index in [1.165, 1.54) is 24.6 Å². The molecule has 8 heteroatoms. The molecule has 0 amide bonds. The minimum atomic E-state index is 0.0603. The molecule has 0 bridgehead atoms. The van der Waals surface area contributed by atoms with Crippen LogP contribution in [0.5, 0.6) is 0 Å². The Morgan fingerprint density at radius 3 is 2.96 bits per heavy atom. The standard InChI is InChI=1S/C16H28N6OS/c1-17-16(18-3-4-21-6-9-24-10-7-21)22-5-8-23-15(13-22)14-11-19-20(2)12-14/h11-12,15H,3-10,13H2,1-2H3,(H,17,18). The summed E-state index contributed by atoms with van der Waals surface area (Å²) in [4.78, 5) is 9.27. The molecular formula is C16H28N6OS. The zero-order valence-corrected chi connectivity index (χ0v) is 15.5. The number of thioether (sulfide) groups is 1. The van der Waals surface area contributed by atoms with Gasteiger partial charge in [-0.25, -0.2) is 0 Å². The van der Waals surface area contributed by atoms with Gasteiger partial charge < -0.3 is 15.0 Å².